The van der Waals surface area contributed by atoms with Crippen molar-refractivity contribution >= 4 is 15.9 Å². The molecule has 6 heteroatoms. The molecule has 0 radical (unpaired) electrons. The minimum absolute atomic E-state index is 0.350. The van der Waals surface area contributed by atoms with E-state index in [0.717, 1.165) is 0 Å². The lowest BCUT2D eigenvalue weighted by Crippen LogP contribution is -1.96. The molecule has 1 heterocycles. The minimum atomic E-state index is -0.350. The van der Waals surface area contributed by atoms with Crippen molar-refractivity contribution in [3.8, 4) is 11.4 Å². The van der Waals surface area contributed by atoms with E-state index in [1.54, 1.807) is 19.2 Å². The average molecular weight is 257 g/mol. The molecule has 1 aromatic carbocycles. The van der Waals surface area contributed by atoms with Gasteiger partial charge >= 0.3 is 0 Å². The highest BCUT2D eigenvalue weighted by atomic mass is 79.9. The Morgan fingerprint density at radius 3 is 2.79 bits per heavy atom. The number of hydrogen-bond donors (Lipinski definition) is 0. The summed E-state index contributed by atoms with van der Waals surface area (Å²) in [4.78, 5) is 0. The van der Waals surface area contributed by atoms with E-state index in [-0.39, 0.29) is 5.82 Å². The highest BCUT2D eigenvalue weighted by Gasteiger charge is 2.10. The van der Waals surface area contributed by atoms with Crippen LogP contribution in [0.3, 0.4) is 0 Å². The van der Waals surface area contributed by atoms with Gasteiger partial charge in [0.05, 0.1) is 5.56 Å². The number of aryl methyl sites for hydroxylation is 1. The first-order valence-corrected chi connectivity index (χ1v) is 4.65. The predicted octanol–water partition coefficient (Wildman–Crippen LogP) is 1.78. The lowest BCUT2D eigenvalue weighted by atomic mass is 10.2. The van der Waals surface area contributed by atoms with Gasteiger partial charge < -0.3 is 0 Å². The van der Waals surface area contributed by atoms with Crippen molar-refractivity contribution < 1.29 is 4.39 Å². The van der Waals surface area contributed by atoms with Crippen LogP contribution < -0.4 is 0 Å². The maximum atomic E-state index is 13.5. The molecule has 0 saturated carbocycles. The third-order valence-corrected chi connectivity index (χ3v) is 2.29. The van der Waals surface area contributed by atoms with E-state index in [1.807, 2.05) is 0 Å². The molecule has 1 aromatic heterocycles. The normalized spacial score (nSPS) is 10.5. The molecule has 0 aliphatic carbocycles. The van der Waals surface area contributed by atoms with Gasteiger partial charge in [0.1, 0.15) is 5.82 Å². The Morgan fingerprint density at radius 2 is 2.21 bits per heavy atom. The zero-order chi connectivity index (χ0) is 10.1. The van der Waals surface area contributed by atoms with E-state index in [2.05, 4.69) is 31.5 Å². The topological polar surface area (TPSA) is 43.6 Å². The van der Waals surface area contributed by atoms with E-state index in [4.69, 9.17) is 0 Å². The molecule has 0 amide bonds. The van der Waals surface area contributed by atoms with Gasteiger partial charge in [0.2, 0.25) is 0 Å². The van der Waals surface area contributed by atoms with E-state index < -0.39 is 0 Å². The summed E-state index contributed by atoms with van der Waals surface area (Å²) < 4.78 is 15.6. The first-order chi connectivity index (χ1) is 6.68. The summed E-state index contributed by atoms with van der Waals surface area (Å²) in [5.74, 6) is 0.0623. The zero-order valence-electron chi connectivity index (χ0n) is 7.28. The van der Waals surface area contributed by atoms with Crippen LogP contribution in [0.2, 0.25) is 0 Å². The molecule has 0 atom stereocenters. The fourth-order valence-corrected chi connectivity index (χ4v) is 1.46. The molecule has 0 aliphatic rings. The van der Waals surface area contributed by atoms with E-state index in [0.29, 0.717) is 15.9 Å². The first kappa shape index (κ1) is 9.26. The highest BCUT2D eigenvalue weighted by Crippen LogP contribution is 2.22. The summed E-state index contributed by atoms with van der Waals surface area (Å²) in [6.07, 6.45) is 0. The number of rotatable bonds is 1. The van der Waals surface area contributed by atoms with Crippen molar-refractivity contribution in [2.75, 3.05) is 0 Å². The van der Waals surface area contributed by atoms with Gasteiger partial charge in [0.25, 0.3) is 0 Å². The van der Waals surface area contributed by atoms with Gasteiger partial charge in [-0.3, -0.25) is 0 Å². The molecule has 0 fully saturated rings. The third kappa shape index (κ3) is 1.52. The Bertz CT molecular complexity index is 468. The maximum absolute atomic E-state index is 13.5. The minimum Gasteiger partial charge on any atom is -0.228 e. The largest absolute Gasteiger partial charge is 0.228 e. The fourth-order valence-electron chi connectivity index (χ4n) is 1.13. The van der Waals surface area contributed by atoms with Gasteiger partial charge in [0.15, 0.2) is 5.82 Å². The summed E-state index contributed by atoms with van der Waals surface area (Å²) in [6.45, 7) is 0. The smallest absolute Gasteiger partial charge is 0.184 e. The number of aromatic nitrogens is 4. The van der Waals surface area contributed by atoms with Crippen LogP contribution in [0.4, 0.5) is 4.39 Å². The van der Waals surface area contributed by atoms with Gasteiger partial charge in [0, 0.05) is 11.5 Å². The number of halogens is 2. The fraction of sp³-hybridized carbons (Fsp3) is 0.125. The van der Waals surface area contributed by atoms with Crippen LogP contribution in [0, 0.1) is 5.82 Å². The standard InChI is InChI=1S/C8H6BrFN4/c1-14-8(11-12-13-14)6-3-2-5(9)4-7(6)10/h2-4H,1H3. The van der Waals surface area contributed by atoms with Gasteiger partial charge in [-0.2, -0.15) is 0 Å². The molecular formula is C8H6BrFN4. The van der Waals surface area contributed by atoms with Gasteiger partial charge in [-0.1, -0.05) is 15.9 Å². The number of benzene rings is 1. The van der Waals surface area contributed by atoms with E-state index >= 15 is 0 Å². The van der Waals surface area contributed by atoms with Crippen LogP contribution in [0.25, 0.3) is 11.4 Å². The first-order valence-electron chi connectivity index (χ1n) is 3.86. The summed E-state index contributed by atoms with van der Waals surface area (Å²) in [7, 11) is 1.66. The Hall–Kier alpha value is -1.30. The van der Waals surface area contributed by atoms with Crippen molar-refractivity contribution in [1.82, 2.24) is 20.2 Å². The Morgan fingerprint density at radius 1 is 1.43 bits per heavy atom. The molecule has 2 aromatic rings. The van der Waals surface area contributed by atoms with E-state index in [1.165, 1.54) is 10.7 Å². The highest BCUT2D eigenvalue weighted by molar-refractivity contribution is 9.10. The maximum Gasteiger partial charge on any atom is 0.184 e. The summed E-state index contributed by atoms with van der Waals surface area (Å²) in [5, 5.41) is 10.8. The van der Waals surface area contributed by atoms with Crippen LogP contribution >= 0.6 is 15.9 Å². The summed E-state index contributed by atoms with van der Waals surface area (Å²) >= 11 is 3.18. The number of nitrogens with zero attached hydrogens (tertiary/aromatic N) is 4. The van der Waals surface area contributed by atoms with Gasteiger partial charge in [-0.05, 0) is 28.6 Å². The summed E-state index contributed by atoms with van der Waals surface area (Å²) in [6, 6.07) is 4.75. The molecule has 0 bridgehead atoms. The molecule has 0 aliphatic heterocycles. The average Bonchev–Trinajstić information content (AvgIpc) is 2.52. The van der Waals surface area contributed by atoms with Crippen LogP contribution in [0.5, 0.6) is 0 Å². The summed E-state index contributed by atoms with van der Waals surface area (Å²) in [5.41, 5.74) is 0.390. The predicted molar refractivity (Wildman–Crippen MR) is 51.9 cm³/mol. The second-order valence-corrected chi connectivity index (χ2v) is 3.67. The zero-order valence-corrected chi connectivity index (χ0v) is 8.86. The molecule has 2 rings (SSSR count). The monoisotopic (exact) mass is 256 g/mol. The second-order valence-electron chi connectivity index (χ2n) is 2.75. The Balaban J connectivity index is 2.58. The van der Waals surface area contributed by atoms with Crippen molar-refractivity contribution in [1.29, 1.82) is 0 Å². The van der Waals surface area contributed by atoms with Crippen molar-refractivity contribution in [3.05, 3.63) is 28.5 Å². The molecule has 0 spiro atoms. The van der Waals surface area contributed by atoms with Gasteiger partial charge in [-0.15, -0.1) is 5.10 Å². The van der Waals surface area contributed by atoms with Gasteiger partial charge in [-0.25, -0.2) is 9.07 Å². The third-order valence-electron chi connectivity index (χ3n) is 1.79. The Labute approximate surface area is 87.9 Å². The quantitative estimate of drug-likeness (QED) is 0.782. The molecule has 4 nitrogen and oxygen atoms in total. The molecule has 0 unspecified atom stereocenters. The SMILES string of the molecule is Cn1nnnc1-c1ccc(Br)cc1F. The van der Waals surface area contributed by atoms with Crippen LogP contribution in [0.15, 0.2) is 22.7 Å². The molecular weight excluding hydrogens is 251 g/mol. The van der Waals surface area contributed by atoms with Crippen molar-refractivity contribution in [2.45, 2.75) is 0 Å². The van der Waals surface area contributed by atoms with Crippen LogP contribution in [-0.2, 0) is 7.05 Å². The number of tetrazole rings is 1. The number of hydrogen-bond acceptors (Lipinski definition) is 3. The second kappa shape index (κ2) is 3.45. The molecule has 0 saturated heterocycles. The van der Waals surface area contributed by atoms with Crippen LogP contribution in [-0.4, -0.2) is 20.2 Å². The molecule has 72 valence electrons. The lowest BCUT2D eigenvalue weighted by Gasteiger charge is -2.00. The van der Waals surface area contributed by atoms with Crippen molar-refractivity contribution in [3.63, 3.8) is 0 Å². The Kier molecular flexibility index (Phi) is 2.28. The molecule has 0 N–H and O–H groups in total. The lowest BCUT2D eigenvalue weighted by molar-refractivity contribution is 0.626. The van der Waals surface area contributed by atoms with Crippen LogP contribution in [0.1, 0.15) is 0 Å². The van der Waals surface area contributed by atoms with Crippen molar-refractivity contribution in [2.24, 2.45) is 7.05 Å². The molecule has 14 heavy (non-hydrogen) atoms. The van der Waals surface area contributed by atoms with E-state index in [9.17, 15) is 4.39 Å².